The molecule has 1 saturated heterocycles. The lowest BCUT2D eigenvalue weighted by molar-refractivity contribution is -0.0320. The third kappa shape index (κ3) is 3.74. The van der Waals surface area contributed by atoms with E-state index in [1.807, 2.05) is 0 Å². The number of aliphatic hydroxyl groups is 2. The summed E-state index contributed by atoms with van der Waals surface area (Å²) in [5.41, 5.74) is 5.17. The summed E-state index contributed by atoms with van der Waals surface area (Å²) in [6.45, 7) is -0.494. The van der Waals surface area contributed by atoms with E-state index in [1.165, 1.54) is 0 Å². The first-order chi connectivity index (χ1) is 7.35. The Morgan fingerprint density at radius 3 is 2.50 bits per heavy atom. The fraction of sp³-hybridized carbons (Fsp3) is 1.00. The van der Waals surface area contributed by atoms with Crippen LogP contribution in [0.1, 0.15) is 0 Å². The Bertz CT molecular complexity index is 272. The summed E-state index contributed by atoms with van der Waals surface area (Å²) in [6, 6.07) is 0. The molecule has 1 aliphatic rings. The van der Waals surface area contributed by atoms with E-state index in [9.17, 15) is 14.8 Å². The molecule has 1 aliphatic heterocycles. The van der Waals surface area contributed by atoms with Crippen molar-refractivity contribution in [3.8, 4) is 0 Å². The van der Waals surface area contributed by atoms with Crippen LogP contribution in [-0.2, 0) is 13.8 Å². The van der Waals surface area contributed by atoms with Crippen LogP contribution in [0, 0.1) is 0 Å². The van der Waals surface area contributed by atoms with Crippen LogP contribution < -0.4 is 11.1 Å². The Morgan fingerprint density at radius 2 is 2.00 bits per heavy atom. The molecule has 0 radical (unpaired) electrons. The Morgan fingerprint density at radius 1 is 1.38 bits per heavy atom. The van der Waals surface area contributed by atoms with E-state index >= 15 is 0 Å². The molecule has 16 heavy (non-hydrogen) atoms. The Hall–Kier alpha value is -0.0900. The van der Waals surface area contributed by atoms with E-state index < -0.39 is 39.0 Å². The van der Waals surface area contributed by atoms with Gasteiger partial charge in [-0.1, -0.05) is 0 Å². The molecule has 10 heteroatoms. The van der Waals surface area contributed by atoms with Crippen molar-refractivity contribution in [1.29, 1.82) is 0 Å². The van der Waals surface area contributed by atoms with E-state index in [-0.39, 0.29) is 6.67 Å². The molecule has 0 amide bonds. The largest absolute Gasteiger partial charge is 0.469 e. The van der Waals surface area contributed by atoms with Gasteiger partial charge < -0.3 is 30.5 Å². The maximum Gasteiger partial charge on any atom is 0.469 e. The molecule has 9 nitrogen and oxygen atoms in total. The van der Waals surface area contributed by atoms with Gasteiger partial charge in [-0.25, -0.2) is 4.57 Å². The zero-order valence-electron chi connectivity index (χ0n) is 8.26. The van der Waals surface area contributed by atoms with Crippen molar-refractivity contribution >= 4 is 7.82 Å². The van der Waals surface area contributed by atoms with Crippen LogP contribution >= 0.6 is 7.82 Å². The number of hydrogen-bond acceptors (Lipinski definition) is 7. The van der Waals surface area contributed by atoms with Gasteiger partial charge in [0.15, 0.2) is 0 Å². The highest BCUT2D eigenvalue weighted by molar-refractivity contribution is 7.46. The number of rotatable bonds is 5. The lowest BCUT2D eigenvalue weighted by Gasteiger charge is -2.14. The number of hydrogen-bond donors (Lipinski definition) is 6. The molecule has 0 saturated carbocycles. The molecule has 1 fully saturated rings. The van der Waals surface area contributed by atoms with Crippen LogP contribution in [0.15, 0.2) is 0 Å². The summed E-state index contributed by atoms with van der Waals surface area (Å²) in [6.07, 6.45) is -4.43. The van der Waals surface area contributed by atoms with Crippen LogP contribution in [0.5, 0.6) is 0 Å². The van der Waals surface area contributed by atoms with Crippen LogP contribution in [0.4, 0.5) is 0 Å². The minimum atomic E-state index is -4.62. The van der Waals surface area contributed by atoms with Gasteiger partial charge in [-0.2, -0.15) is 0 Å². The molecule has 0 unspecified atom stereocenters. The molecular formula is C6H15N2O7P. The molecule has 7 N–H and O–H groups in total. The molecule has 4 atom stereocenters. The van der Waals surface area contributed by atoms with Gasteiger partial charge in [0, 0.05) is 6.67 Å². The van der Waals surface area contributed by atoms with Gasteiger partial charge in [-0.3, -0.25) is 9.84 Å². The second-order valence-electron chi connectivity index (χ2n) is 3.27. The van der Waals surface area contributed by atoms with Gasteiger partial charge >= 0.3 is 7.82 Å². The molecule has 0 aliphatic carbocycles. The molecule has 0 aromatic heterocycles. The zero-order valence-corrected chi connectivity index (χ0v) is 9.16. The lowest BCUT2D eigenvalue weighted by Crippen LogP contribution is -2.43. The SMILES string of the molecule is NCN[C@@H]1O[C@H](COP(=O)(O)O)[C@@H](O)[C@H]1O. The molecule has 96 valence electrons. The predicted octanol–water partition coefficient (Wildman–Crippen LogP) is -2.95. The van der Waals surface area contributed by atoms with Crippen LogP contribution in [0.2, 0.25) is 0 Å². The van der Waals surface area contributed by atoms with Gasteiger partial charge in [0.1, 0.15) is 24.5 Å². The maximum absolute atomic E-state index is 10.4. The molecule has 0 spiro atoms. The number of nitrogens with two attached hydrogens (primary N) is 1. The van der Waals surface area contributed by atoms with Crippen molar-refractivity contribution in [1.82, 2.24) is 5.32 Å². The van der Waals surface area contributed by atoms with Crippen LogP contribution in [0.3, 0.4) is 0 Å². The normalized spacial score (nSPS) is 35.6. The van der Waals surface area contributed by atoms with E-state index in [0.29, 0.717) is 0 Å². The molecule has 0 bridgehead atoms. The van der Waals surface area contributed by atoms with Crippen molar-refractivity contribution < 1.29 is 33.8 Å². The van der Waals surface area contributed by atoms with E-state index in [2.05, 4.69) is 9.84 Å². The fourth-order valence-electron chi connectivity index (χ4n) is 1.34. The third-order valence-electron chi connectivity index (χ3n) is 2.09. The quantitative estimate of drug-likeness (QED) is 0.224. The van der Waals surface area contributed by atoms with Gasteiger partial charge in [-0.15, -0.1) is 0 Å². The van der Waals surface area contributed by atoms with Crippen molar-refractivity contribution in [2.24, 2.45) is 5.73 Å². The van der Waals surface area contributed by atoms with Crippen molar-refractivity contribution in [3.63, 3.8) is 0 Å². The number of aliphatic hydroxyl groups excluding tert-OH is 2. The van der Waals surface area contributed by atoms with E-state index in [1.54, 1.807) is 0 Å². The van der Waals surface area contributed by atoms with Crippen LogP contribution in [0.25, 0.3) is 0 Å². The van der Waals surface area contributed by atoms with Gasteiger partial charge in [-0.05, 0) is 0 Å². The lowest BCUT2D eigenvalue weighted by atomic mass is 10.1. The Kier molecular flexibility index (Phi) is 4.80. The Balaban J connectivity index is 2.47. The number of ether oxygens (including phenoxy) is 1. The number of nitrogens with one attached hydrogen (secondary N) is 1. The smallest absolute Gasteiger partial charge is 0.387 e. The standard InChI is InChI=1S/C6H15N2O7P/c7-2-8-6-5(10)4(9)3(15-6)1-14-16(11,12)13/h3-6,8-10H,1-2,7H2,(H2,11,12,13)/t3-,4-,5-,6-/m1/s1. The first-order valence-corrected chi connectivity index (χ1v) is 6.03. The van der Waals surface area contributed by atoms with Gasteiger partial charge in [0.05, 0.1) is 6.61 Å². The van der Waals surface area contributed by atoms with Crippen molar-refractivity contribution in [2.75, 3.05) is 13.3 Å². The number of phosphoric ester groups is 1. The van der Waals surface area contributed by atoms with E-state index in [0.717, 1.165) is 0 Å². The summed E-state index contributed by atoms with van der Waals surface area (Å²) >= 11 is 0. The summed E-state index contributed by atoms with van der Waals surface area (Å²) in [4.78, 5) is 16.9. The summed E-state index contributed by atoms with van der Waals surface area (Å²) in [5.74, 6) is 0. The highest BCUT2D eigenvalue weighted by atomic mass is 31.2. The minimum absolute atomic E-state index is 0.0283. The molecule has 0 aromatic rings. The molecule has 0 aromatic carbocycles. The maximum atomic E-state index is 10.4. The molecule has 1 heterocycles. The average molecular weight is 258 g/mol. The topological polar surface area (TPSA) is 154 Å². The molecule has 1 rings (SSSR count). The monoisotopic (exact) mass is 258 g/mol. The van der Waals surface area contributed by atoms with Crippen molar-refractivity contribution in [2.45, 2.75) is 24.5 Å². The first-order valence-electron chi connectivity index (χ1n) is 4.50. The molecular weight excluding hydrogens is 243 g/mol. The van der Waals surface area contributed by atoms with Crippen LogP contribution in [-0.4, -0.2) is 57.8 Å². The highest BCUT2D eigenvalue weighted by Crippen LogP contribution is 2.36. The summed E-state index contributed by atoms with van der Waals surface area (Å²) in [5, 5.41) is 21.5. The Labute approximate surface area is 91.4 Å². The number of phosphoric acid groups is 1. The van der Waals surface area contributed by atoms with Gasteiger partial charge in [0.2, 0.25) is 0 Å². The predicted molar refractivity (Wildman–Crippen MR) is 50.9 cm³/mol. The second kappa shape index (κ2) is 5.50. The highest BCUT2D eigenvalue weighted by Gasteiger charge is 2.43. The summed E-state index contributed by atoms with van der Waals surface area (Å²) in [7, 11) is -4.62. The average Bonchev–Trinajstić information content (AvgIpc) is 2.43. The third-order valence-corrected chi connectivity index (χ3v) is 2.57. The fourth-order valence-corrected chi connectivity index (χ4v) is 1.68. The van der Waals surface area contributed by atoms with Crippen molar-refractivity contribution in [3.05, 3.63) is 0 Å². The zero-order chi connectivity index (χ0) is 12.3. The van der Waals surface area contributed by atoms with E-state index in [4.69, 9.17) is 20.3 Å². The first kappa shape index (κ1) is 14.0. The second-order valence-corrected chi connectivity index (χ2v) is 4.51. The summed E-state index contributed by atoms with van der Waals surface area (Å²) < 4.78 is 19.7. The van der Waals surface area contributed by atoms with Gasteiger partial charge in [0.25, 0.3) is 0 Å². The minimum Gasteiger partial charge on any atom is -0.387 e.